The molecule has 0 aliphatic rings. The van der Waals surface area contributed by atoms with Crippen LogP contribution < -0.4 is 10.1 Å². The van der Waals surface area contributed by atoms with Gasteiger partial charge in [0, 0.05) is 13.1 Å². The highest BCUT2D eigenvalue weighted by molar-refractivity contribution is 7.99. The highest BCUT2D eigenvalue weighted by Gasteiger charge is 2.16. The maximum Gasteiger partial charge on any atom is 0.316 e. The van der Waals surface area contributed by atoms with Crippen LogP contribution in [0.2, 0.25) is 0 Å². The highest BCUT2D eigenvalue weighted by atomic mass is 32.2. The van der Waals surface area contributed by atoms with Crippen molar-refractivity contribution in [1.29, 1.82) is 0 Å². The lowest BCUT2D eigenvalue weighted by atomic mass is 10.1. The summed E-state index contributed by atoms with van der Waals surface area (Å²) < 4.78 is 12.1. The van der Waals surface area contributed by atoms with Crippen LogP contribution in [0.1, 0.15) is 12.5 Å². The van der Waals surface area contributed by atoms with E-state index in [1.54, 1.807) is 18.4 Å². The number of hydrogen-bond donors (Lipinski definition) is 1. The van der Waals surface area contributed by atoms with Crippen molar-refractivity contribution < 1.29 is 19.1 Å². The summed E-state index contributed by atoms with van der Waals surface area (Å²) in [5.41, 5.74) is 1.08. The Morgan fingerprint density at radius 2 is 2.00 bits per heavy atom. The Morgan fingerprint density at radius 3 is 2.68 bits per heavy atom. The maximum atomic E-state index is 12.0. The molecule has 2 aromatic heterocycles. The van der Waals surface area contributed by atoms with Gasteiger partial charge in [0.15, 0.2) is 17.6 Å². The van der Waals surface area contributed by atoms with E-state index >= 15 is 0 Å². The zero-order valence-corrected chi connectivity index (χ0v) is 19.0. The molecule has 0 fully saturated rings. The van der Waals surface area contributed by atoms with E-state index < -0.39 is 5.97 Å². The van der Waals surface area contributed by atoms with Gasteiger partial charge in [0.1, 0.15) is 5.75 Å². The fourth-order valence-corrected chi connectivity index (χ4v) is 4.29. The Bertz CT molecular complexity index is 987. The minimum atomic E-state index is -0.473. The molecule has 1 N–H and O–H groups in total. The van der Waals surface area contributed by atoms with E-state index in [0.717, 1.165) is 22.0 Å². The second-order valence-corrected chi connectivity index (χ2v) is 8.32. The van der Waals surface area contributed by atoms with Gasteiger partial charge in [-0.25, -0.2) is 0 Å². The predicted molar refractivity (Wildman–Crippen MR) is 120 cm³/mol. The number of amides is 1. The van der Waals surface area contributed by atoms with Crippen LogP contribution in [-0.2, 0) is 27.3 Å². The molecule has 0 bridgehead atoms. The van der Waals surface area contributed by atoms with Crippen molar-refractivity contribution in [3.05, 3.63) is 47.3 Å². The molecule has 0 aliphatic heterocycles. The summed E-state index contributed by atoms with van der Waals surface area (Å²) >= 11 is 2.83. The molecule has 3 aromatic rings. The van der Waals surface area contributed by atoms with E-state index in [-0.39, 0.29) is 18.3 Å². The van der Waals surface area contributed by atoms with E-state index in [0.29, 0.717) is 24.7 Å². The van der Waals surface area contributed by atoms with Gasteiger partial charge in [0.25, 0.3) is 5.91 Å². The number of thiophene rings is 1. The molecular formula is C21H24N4O4S2. The molecule has 0 radical (unpaired) electrons. The molecule has 0 atom stereocenters. The van der Waals surface area contributed by atoms with Crippen molar-refractivity contribution in [3.8, 4) is 16.5 Å². The van der Waals surface area contributed by atoms with Crippen molar-refractivity contribution in [2.24, 2.45) is 0 Å². The standard InChI is InChI=1S/C21H24N4O4S2/c1-3-25-20(17-5-4-12-30-17)23-24-21(25)31-14-19(27)29-13-18(26)22-11-10-15-6-8-16(28-2)9-7-15/h4-9,12H,3,10-11,13-14H2,1-2H3,(H,22,26). The summed E-state index contributed by atoms with van der Waals surface area (Å²) in [5, 5.41) is 13.8. The number of esters is 1. The molecule has 0 spiro atoms. The molecule has 2 heterocycles. The number of aromatic nitrogens is 3. The normalized spacial score (nSPS) is 10.6. The number of nitrogens with zero attached hydrogens (tertiary/aromatic N) is 3. The molecule has 164 valence electrons. The summed E-state index contributed by atoms with van der Waals surface area (Å²) in [4.78, 5) is 25.0. The van der Waals surface area contributed by atoms with Crippen molar-refractivity contribution in [3.63, 3.8) is 0 Å². The number of ether oxygens (including phenoxy) is 2. The molecule has 31 heavy (non-hydrogen) atoms. The van der Waals surface area contributed by atoms with Gasteiger partial charge in [-0.2, -0.15) is 0 Å². The zero-order valence-electron chi connectivity index (χ0n) is 17.4. The van der Waals surface area contributed by atoms with Gasteiger partial charge in [0.2, 0.25) is 0 Å². The van der Waals surface area contributed by atoms with Gasteiger partial charge >= 0.3 is 5.97 Å². The highest BCUT2D eigenvalue weighted by Crippen LogP contribution is 2.27. The van der Waals surface area contributed by atoms with Gasteiger partial charge < -0.3 is 19.4 Å². The third-order valence-corrected chi connectivity index (χ3v) is 6.16. The van der Waals surface area contributed by atoms with Crippen LogP contribution in [0.4, 0.5) is 0 Å². The van der Waals surface area contributed by atoms with E-state index in [4.69, 9.17) is 9.47 Å². The Hall–Kier alpha value is -2.85. The Balaban J connectivity index is 1.37. The average molecular weight is 461 g/mol. The van der Waals surface area contributed by atoms with Crippen LogP contribution in [0, 0.1) is 0 Å². The zero-order chi connectivity index (χ0) is 22.1. The lowest BCUT2D eigenvalue weighted by Gasteiger charge is -2.08. The third kappa shape index (κ3) is 6.56. The molecule has 0 saturated heterocycles. The minimum absolute atomic E-state index is 0.0572. The second-order valence-electron chi connectivity index (χ2n) is 6.43. The van der Waals surface area contributed by atoms with Crippen molar-refractivity contribution in [2.45, 2.75) is 25.0 Å². The first-order valence-electron chi connectivity index (χ1n) is 9.75. The van der Waals surface area contributed by atoms with Crippen LogP contribution in [0.15, 0.2) is 46.9 Å². The number of methoxy groups -OCH3 is 1. The lowest BCUT2D eigenvalue weighted by Crippen LogP contribution is -2.30. The second kappa shape index (κ2) is 11.5. The third-order valence-electron chi connectivity index (χ3n) is 4.35. The van der Waals surface area contributed by atoms with Gasteiger partial charge in [-0.3, -0.25) is 9.59 Å². The summed E-state index contributed by atoms with van der Waals surface area (Å²) in [6, 6.07) is 11.6. The number of carbonyl (C=O) groups is 2. The first kappa shape index (κ1) is 22.8. The van der Waals surface area contributed by atoms with Gasteiger partial charge in [0.05, 0.1) is 17.7 Å². The molecule has 1 amide bonds. The number of carbonyl (C=O) groups excluding carboxylic acids is 2. The van der Waals surface area contributed by atoms with Crippen molar-refractivity contribution in [1.82, 2.24) is 20.1 Å². The number of rotatable bonds is 11. The van der Waals surface area contributed by atoms with Gasteiger partial charge in [-0.1, -0.05) is 30.0 Å². The summed E-state index contributed by atoms with van der Waals surface area (Å²) in [5.74, 6) is 0.825. The first-order valence-corrected chi connectivity index (χ1v) is 11.6. The van der Waals surface area contributed by atoms with Gasteiger partial charge in [-0.05, 0) is 42.5 Å². The predicted octanol–water partition coefficient (Wildman–Crippen LogP) is 3.03. The Labute approximate surface area is 189 Å². The van der Waals surface area contributed by atoms with Crippen LogP contribution in [0.3, 0.4) is 0 Å². The van der Waals surface area contributed by atoms with E-state index in [9.17, 15) is 9.59 Å². The summed E-state index contributed by atoms with van der Waals surface area (Å²) in [6.45, 7) is 2.85. The SMILES string of the molecule is CCn1c(SCC(=O)OCC(=O)NCCc2ccc(OC)cc2)nnc1-c1cccs1. The smallest absolute Gasteiger partial charge is 0.316 e. The molecule has 1 aromatic carbocycles. The minimum Gasteiger partial charge on any atom is -0.497 e. The monoisotopic (exact) mass is 460 g/mol. The molecule has 10 heteroatoms. The van der Waals surface area contributed by atoms with Crippen molar-refractivity contribution >= 4 is 35.0 Å². The molecule has 8 nitrogen and oxygen atoms in total. The fraction of sp³-hybridized carbons (Fsp3) is 0.333. The number of benzene rings is 1. The fourth-order valence-electron chi connectivity index (χ4n) is 2.77. The Morgan fingerprint density at radius 1 is 1.19 bits per heavy atom. The Kier molecular flexibility index (Phi) is 8.48. The van der Waals surface area contributed by atoms with Crippen LogP contribution >= 0.6 is 23.1 Å². The summed E-state index contributed by atoms with van der Waals surface area (Å²) in [7, 11) is 1.62. The molecular weight excluding hydrogens is 436 g/mol. The summed E-state index contributed by atoms with van der Waals surface area (Å²) in [6.07, 6.45) is 0.679. The van der Waals surface area contributed by atoms with Gasteiger partial charge in [-0.15, -0.1) is 21.5 Å². The van der Waals surface area contributed by atoms with Crippen LogP contribution in [0.5, 0.6) is 5.75 Å². The molecule has 0 saturated carbocycles. The van der Waals surface area contributed by atoms with E-state index in [1.807, 2.05) is 53.3 Å². The number of nitrogens with one attached hydrogen (secondary N) is 1. The topological polar surface area (TPSA) is 95.3 Å². The maximum absolute atomic E-state index is 12.0. The molecule has 0 unspecified atom stereocenters. The molecule has 3 rings (SSSR count). The van der Waals surface area contributed by atoms with E-state index in [1.165, 1.54) is 11.8 Å². The molecule has 0 aliphatic carbocycles. The van der Waals surface area contributed by atoms with E-state index in [2.05, 4.69) is 15.5 Å². The number of hydrogen-bond acceptors (Lipinski definition) is 8. The van der Waals surface area contributed by atoms with Crippen LogP contribution in [-0.4, -0.2) is 52.7 Å². The first-order chi connectivity index (χ1) is 15.1. The van der Waals surface area contributed by atoms with Crippen molar-refractivity contribution in [2.75, 3.05) is 26.0 Å². The lowest BCUT2D eigenvalue weighted by molar-refractivity contribution is -0.145. The largest absolute Gasteiger partial charge is 0.497 e. The number of thioether (sulfide) groups is 1. The average Bonchev–Trinajstić information content (AvgIpc) is 3.46. The van der Waals surface area contributed by atoms with Crippen LogP contribution in [0.25, 0.3) is 10.7 Å². The quantitative estimate of drug-likeness (QED) is 0.347.